The molecule has 146 valence electrons. The number of benzene rings is 2. The lowest BCUT2D eigenvalue weighted by Gasteiger charge is -2.30. The van der Waals surface area contributed by atoms with Crippen molar-refractivity contribution in [2.75, 3.05) is 20.3 Å². The Hall–Kier alpha value is -2.71. The molecule has 28 heavy (non-hydrogen) atoms. The van der Waals surface area contributed by atoms with Crippen molar-refractivity contribution >= 4 is 23.3 Å². The van der Waals surface area contributed by atoms with Crippen molar-refractivity contribution in [2.24, 2.45) is 0 Å². The number of nitrogens with zero attached hydrogens (tertiary/aromatic N) is 1. The van der Waals surface area contributed by atoms with Gasteiger partial charge in [-0.15, -0.1) is 0 Å². The molecule has 2 aliphatic rings. The van der Waals surface area contributed by atoms with Gasteiger partial charge in [-0.1, -0.05) is 48.5 Å². The molecular weight excluding hydrogens is 382 g/mol. The lowest BCUT2D eigenvalue weighted by molar-refractivity contribution is -0.145. The number of esters is 1. The summed E-state index contributed by atoms with van der Waals surface area (Å²) in [5.74, 6) is -0.780. The maximum absolute atomic E-state index is 12.6. The number of carbonyl (C=O) groups is 2. The Labute approximate surface area is 165 Å². The lowest BCUT2D eigenvalue weighted by atomic mass is 9.98. The number of hydrogen-bond donors (Lipinski definition) is 0. The van der Waals surface area contributed by atoms with Crippen LogP contribution in [0.4, 0.5) is 4.79 Å². The molecule has 0 N–H and O–H groups in total. The van der Waals surface area contributed by atoms with Gasteiger partial charge >= 0.3 is 12.1 Å². The van der Waals surface area contributed by atoms with Crippen LogP contribution in [0.15, 0.2) is 48.5 Å². The molecule has 4 rings (SSSR count). The number of fused-ring (bicyclic) bond motifs is 3. The first-order chi connectivity index (χ1) is 13.6. The maximum atomic E-state index is 12.6. The van der Waals surface area contributed by atoms with Crippen LogP contribution in [0.3, 0.4) is 0 Å². The van der Waals surface area contributed by atoms with Gasteiger partial charge in [0.1, 0.15) is 6.61 Å². The minimum absolute atomic E-state index is 0.0639. The average molecular weight is 401 g/mol. The van der Waals surface area contributed by atoms with Gasteiger partial charge in [0, 0.05) is 12.3 Å². The SMILES string of the molecule is COC(=O)[C@@H]1CCO[S@](=O)N1C(=O)OCC1c2ccccc2-c2ccccc21. The molecular formula is C20H19NO6S. The van der Waals surface area contributed by atoms with E-state index in [4.69, 9.17) is 13.7 Å². The van der Waals surface area contributed by atoms with E-state index in [2.05, 4.69) is 0 Å². The molecule has 0 spiro atoms. The third kappa shape index (κ3) is 3.18. The molecule has 1 aliphatic heterocycles. The zero-order valence-electron chi connectivity index (χ0n) is 15.2. The fourth-order valence-electron chi connectivity index (χ4n) is 3.70. The highest BCUT2D eigenvalue weighted by molar-refractivity contribution is 7.78. The third-order valence-electron chi connectivity index (χ3n) is 5.01. The zero-order valence-corrected chi connectivity index (χ0v) is 16.0. The fourth-order valence-corrected chi connectivity index (χ4v) is 4.63. The van der Waals surface area contributed by atoms with Gasteiger partial charge in [-0.3, -0.25) is 4.18 Å². The van der Waals surface area contributed by atoms with E-state index in [1.807, 2.05) is 48.5 Å². The number of carbonyl (C=O) groups excluding carboxylic acids is 2. The number of rotatable bonds is 3. The minimum atomic E-state index is -2.10. The summed E-state index contributed by atoms with van der Waals surface area (Å²) in [6.07, 6.45) is -0.668. The van der Waals surface area contributed by atoms with Crippen LogP contribution >= 0.6 is 0 Å². The molecule has 2 aromatic carbocycles. The number of methoxy groups -OCH3 is 1. The largest absolute Gasteiger partial charge is 0.467 e. The second-order valence-corrected chi connectivity index (χ2v) is 7.56. The molecule has 1 fully saturated rings. The molecule has 0 radical (unpaired) electrons. The van der Waals surface area contributed by atoms with E-state index in [9.17, 15) is 13.8 Å². The van der Waals surface area contributed by atoms with Gasteiger partial charge < -0.3 is 9.47 Å². The van der Waals surface area contributed by atoms with E-state index in [0.29, 0.717) is 0 Å². The van der Waals surface area contributed by atoms with Gasteiger partial charge in [-0.25, -0.2) is 13.8 Å². The average Bonchev–Trinajstić information content (AvgIpc) is 3.05. The number of amides is 1. The molecule has 2 atom stereocenters. The van der Waals surface area contributed by atoms with Crippen molar-refractivity contribution in [3.05, 3.63) is 59.7 Å². The molecule has 1 aliphatic carbocycles. The normalized spacial score (nSPS) is 21.0. The van der Waals surface area contributed by atoms with Crippen LogP contribution in [-0.4, -0.2) is 46.9 Å². The molecule has 1 heterocycles. The van der Waals surface area contributed by atoms with E-state index in [-0.39, 0.29) is 25.6 Å². The highest BCUT2D eigenvalue weighted by Crippen LogP contribution is 2.44. The molecule has 0 bridgehead atoms. The van der Waals surface area contributed by atoms with E-state index in [1.165, 1.54) is 7.11 Å². The third-order valence-corrected chi connectivity index (χ3v) is 6.10. The van der Waals surface area contributed by atoms with Crippen molar-refractivity contribution < 1.29 is 27.5 Å². The van der Waals surface area contributed by atoms with Crippen molar-refractivity contribution in [3.63, 3.8) is 0 Å². The van der Waals surface area contributed by atoms with E-state index in [0.717, 1.165) is 26.6 Å². The Balaban J connectivity index is 1.55. The second-order valence-electron chi connectivity index (χ2n) is 6.50. The first-order valence-corrected chi connectivity index (χ1v) is 9.92. The van der Waals surface area contributed by atoms with Gasteiger partial charge in [-0.05, 0) is 22.3 Å². The summed E-state index contributed by atoms with van der Waals surface area (Å²) in [6, 6.07) is 14.9. The predicted octanol–water partition coefficient (Wildman–Crippen LogP) is 2.78. The molecule has 0 aromatic heterocycles. The van der Waals surface area contributed by atoms with Crippen molar-refractivity contribution in [1.82, 2.24) is 4.31 Å². The Morgan fingerprint density at radius 2 is 1.71 bits per heavy atom. The van der Waals surface area contributed by atoms with E-state index >= 15 is 0 Å². The van der Waals surface area contributed by atoms with Crippen LogP contribution in [0.5, 0.6) is 0 Å². The molecule has 1 saturated heterocycles. The summed E-state index contributed by atoms with van der Waals surface area (Å²) in [4.78, 5) is 24.6. The fraction of sp³-hybridized carbons (Fsp3) is 0.300. The van der Waals surface area contributed by atoms with Crippen molar-refractivity contribution in [3.8, 4) is 11.1 Å². The Bertz CT molecular complexity index is 900. The van der Waals surface area contributed by atoms with Gasteiger partial charge in [-0.2, -0.15) is 4.31 Å². The van der Waals surface area contributed by atoms with Crippen LogP contribution in [0.1, 0.15) is 23.5 Å². The molecule has 7 nitrogen and oxygen atoms in total. The summed E-state index contributed by atoms with van der Waals surface area (Å²) in [6.45, 7) is 0.161. The molecule has 0 saturated carbocycles. The van der Waals surface area contributed by atoms with Crippen molar-refractivity contribution in [1.29, 1.82) is 0 Å². The Morgan fingerprint density at radius 3 is 2.32 bits per heavy atom. The summed E-state index contributed by atoms with van der Waals surface area (Å²) in [7, 11) is 1.22. The smallest absolute Gasteiger partial charge is 0.424 e. The highest BCUT2D eigenvalue weighted by atomic mass is 32.2. The molecule has 1 amide bonds. The second kappa shape index (κ2) is 7.73. The van der Waals surface area contributed by atoms with Gasteiger partial charge in [0.2, 0.25) is 0 Å². The Kier molecular flexibility index (Phi) is 5.15. The van der Waals surface area contributed by atoms with Crippen LogP contribution in [0, 0.1) is 0 Å². The summed E-state index contributed by atoms with van der Waals surface area (Å²) in [5, 5.41) is 0. The number of hydrogen-bond acceptors (Lipinski definition) is 6. The Morgan fingerprint density at radius 1 is 1.11 bits per heavy atom. The van der Waals surface area contributed by atoms with Crippen LogP contribution in [0.25, 0.3) is 11.1 Å². The van der Waals surface area contributed by atoms with Crippen molar-refractivity contribution in [2.45, 2.75) is 18.4 Å². The van der Waals surface area contributed by atoms with Crippen LogP contribution in [0.2, 0.25) is 0 Å². The standard InChI is InChI=1S/C20H19NO6S/c1-25-19(22)18-10-11-27-28(24)21(18)20(23)26-12-17-15-8-4-2-6-13(15)14-7-3-5-9-16(14)17/h2-9,17-18H,10-12H2,1H3/t18-,28-/m0/s1. The zero-order chi connectivity index (χ0) is 19.7. The first kappa shape index (κ1) is 18.6. The topological polar surface area (TPSA) is 82.1 Å². The summed E-state index contributed by atoms with van der Waals surface area (Å²) < 4.78 is 28.2. The van der Waals surface area contributed by atoms with E-state index < -0.39 is 29.4 Å². The van der Waals surface area contributed by atoms with Crippen LogP contribution in [-0.2, 0) is 29.7 Å². The van der Waals surface area contributed by atoms with Gasteiger partial charge in [0.25, 0.3) is 11.3 Å². The number of ether oxygens (including phenoxy) is 2. The highest BCUT2D eigenvalue weighted by Gasteiger charge is 2.41. The lowest BCUT2D eigenvalue weighted by Crippen LogP contribution is -2.51. The molecule has 0 unspecified atom stereocenters. The van der Waals surface area contributed by atoms with Crippen LogP contribution < -0.4 is 0 Å². The quantitative estimate of drug-likeness (QED) is 0.736. The molecule has 2 aromatic rings. The maximum Gasteiger partial charge on any atom is 0.424 e. The monoisotopic (exact) mass is 401 g/mol. The van der Waals surface area contributed by atoms with E-state index in [1.54, 1.807) is 0 Å². The minimum Gasteiger partial charge on any atom is -0.467 e. The van der Waals surface area contributed by atoms with Gasteiger partial charge in [0.05, 0.1) is 13.7 Å². The molecule has 8 heteroatoms. The summed E-state index contributed by atoms with van der Waals surface area (Å²) in [5.41, 5.74) is 4.35. The first-order valence-electron chi connectivity index (χ1n) is 8.89. The van der Waals surface area contributed by atoms with Gasteiger partial charge in [0.15, 0.2) is 6.04 Å². The summed E-state index contributed by atoms with van der Waals surface area (Å²) >= 11 is -2.10. The predicted molar refractivity (Wildman–Crippen MR) is 101 cm³/mol.